The summed E-state index contributed by atoms with van der Waals surface area (Å²) in [6.45, 7) is 10.8. The Morgan fingerprint density at radius 3 is 2.48 bits per heavy atom. The number of hydrogen-bond donors (Lipinski definition) is 2. The van der Waals surface area contributed by atoms with Gasteiger partial charge < -0.3 is 20.1 Å². The van der Waals surface area contributed by atoms with Crippen molar-refractivity contribution in [2.75, 3.05) is 26.3 Å². The van der Waals surface area contributed by atoms with Gasteiger partial charge in [-0.3, -0.25) is 9.98 Å². The van der Waals surface area contributed by atoms with Crippen molar-refractivity contribution in [1.29, 1.82) is 0 Å². The van der Waals surface area contributed by atoms with Crippen LogP contribution in [-0.2, 0) is 6.42 Å². The zero-order chi connectivity index (χ0) is 20.2. The van der Waals surface area contributed by atoms with Gasteiger partial charge in [0.05, 0.1) is 19.3 Å². The third kappa shape index (κ3) is 8.47. The Kier molecular flexibility index (Phi) is 12.1. The lowest BCUT2D eigenvalue weighted by Crippen LogP contribution is -2.38. The van der Waals surface area contributed by atoms with E-state index in [2.05, 4.69) is 40.5 Å². The Morgan fingerprint density at radius 2 is 1.83 bits per heavy atom. The predicted octanol–water partition coefficient (Wildman–Crippen LogP) is 4.36. The molecule has 0 saturated carbocycles. The summed E-state index contributed by atoms with van der Waals surface area (Å²) in [5.41, 5.74) is 2.16. The zero-order valence-electron chi connectivity index (χ0n) is 17.8. The Labute approximate surface area is 191 Å². The first-order chi connectivity index (χ1) is 13.7. The van der Waals surface area contributed by atoms with Crippen molar-refractivity contribution >= 4 is 29.9 Å². The SMILES string of the molecule is CCNC(=NCCc1ccccn1)NC(C)c1ccc(OCC)c(OCC)c1.I. The third-order valence-electron chi connectivity index (χ3n) is 4.13. The Hall–Kier alpha value is -2.03. The van der Waals surface area contributed by atoms with Crippen molar-refractivity contribution in [1.82, 2.24) is 15.6 Å². The number of nitrogens with zero attached hydrogens (tertiary/aromatic N) is 2. The average molecular weight is 512 g/mol. The summed E-state index contributed by atoms with van der Waals surface area (Å²) in [5.74, 6) is 2.33. The van der Waals surface area contributed by atoms with E-state index in [1.807, 2.05) is 50.4 Å². The van der Waals surface area contributed by atoms with Gasteiger partial charge in [-0.1, -0.05) is 12.1 Å². The van der Waals surface area contributed by atoms with E-state index in [4.69, 9.17) is 9.47 Å². The fourth-order valence-electron chi connectivity index (χ4n) is 2.77. The highest BCUT2D eigenvalue weighted by Gasteiger charge is 2.12. The van der Waals surface area contributed by atoms with Gasteiger partial charge in [-0.15, -0.1) is 24.0 Å². The van der Waals surface area contributed by atoms with Crippen LogP contribution in [0.4, 0.5) is 0 Å². The maximum Gasteiger partial charge on any atom is 0.191 e. The van der Waals surface area contributed by atoms with Crippen molar-refractivity contribution in [2.24, 2.45) is 4.99 Å². The van der Waals surface area contributed by atoms with Crippen LogP contribution in [0, 0.1) is 0 Å². The van der Waals surface area contributed by atoms with Crippen molar-refractivity contribution in [3.05, 3.63) is 53.9 Å². The summed E-state index contributed by atoms with van der Waals surface area (Å²) in [6.07, 6.45) is 2.62. The molecule has 7 heteroatoms. The van der Waals surface area contributed by atoms with Gasteiger partial charge in [0, 0.05) is 31.4 Å². The molecule has 0 fully saturated rings. The fraction of sp³-hybridized carbons (Fsp3) is 0.455. The van der Waals surface area contributed by atoms with Gasteiger partial charge >= 0.3 is 0 Å². The topological polar surface area (TPSA) is 67.8 Å². The van der Waals surface area contributed by atoms with Gasteiger partial charge in [0.1, 0.15) is 0 Å². The highest BCUT2D eigenvalue weighted by molar-refractivity contribution is 14.0. The molecule has 2 aromatic rings. The molecule has 0 aliphatic rings. The Balaban J connectivity index is 0.00000420. The highest BCUT2D eigenvalue weighted by Crippen LogP contribution is 2.30. The van der Waals surface area contributed by atoms with Crippen molar-refractivity contribution in [3.63, 3.8) is 0 Å². The number of guanidine groups is 1. The molecule has 0 bridgehead atoms. The van der Waals surface area contributed by atoms with Crippen LogP contribution >= 0.6 is 24.0 Å². The maximum absolute atomic E-state index is 5.74. The second-order valence-electron chi connectivity index (χ2n) is 6.27. The van der Waals surface area contributed by atoms with Gasteiger partial charge in [-0.05, 0) is 57.5 Å². The van der Waals surface area contributed by atoms with Crippen LogP contribution in [0.25, 0.3) is 0 Å². The van der Waals surface area contributed by atoms with E-state index >= 15 is 0 Å². The minimum Gasteiger partial charge on any atom is -0.490 e. The van der Waals surface area contributed by atoms with Crippen LogP contribution < -0.4 is 20.1 Å². The maximum atomic E-state index is 5.74. The van der Waals surface area contributed by atoms with Crippen LogP contribution in [-0.4, -0.2) is 37.2 Å². The van der Waals surface area contributed by atoms with E-state index < -0.39 is 0 Å². The molecule has 6 nitrogen and oxygen atoms in total. The van der Waals surface area contributed by atoms with Crippen LogP contribution in [0.5, 0.6) is 11.5 Å². The van der Waals surface area contributed by atoms with Crippen LogP contribution in [0.15, 0.2) is 47.6 Å². The summed E-state index contributed by atoms with van der Waals surface area (Å²) in [6, 6.07) is 12.1. The van der Waals surface area contributed by atoms with Gasteiger partial charge in [0.25, 0.3) is 0 Å². The fourth-order valence-corrected chi connectivity index (χ4v) is 2.77. The Morgan fingerprint density at radius 1 is 1.07 bits per heavy atom. The quantitative estimate of drug-likeness (QED) is 0.282. The van der Waals surface area contributed by atoms with E-state index in [9.17, 15) is 0 Å². The molecule has 1 unspecified atom stereocenters. The highest BCUT2D eigenvalue weighted by atomic mass is 127. The molecular formula is C22H33IN4O2. The zero-order valence-corrected chi connectivity index (χ0v) is 20.1. The number of ether oxygens (including phenoxy) is 2. The first-order valence-electron chi connectivity index (χ1n) is 10.0. The number of aliphatic imine (C=N–C) groups is 1. The average Bonchev–Trinajstić information content (AvgIpc) is 2.70. The molecule has 29 heavy (non-hydrogen) atoms. The molecule has 0 aliphatic heterocycles. The summed E-state index contributed by atoms with van der Waals surface area (Å²) in [7, 11) is 0. The minimum atomic E-state index is 0. The monoisotopic (exact) mass is 512 g/mol. The van der Waals surface area contributed by atoms with E-state index in [-0.39, 0.29) is 30.0 Å². The van der Waals surface area contributed by atoms with Gasteiger partial charge in [0.2, 0.25) is 0 Å². The summed E-state index contributed by atoms with van der Waals surface area (Å²) >= 11 is 0. The van der Waals surface area contributed by atoms with E-state index in [1.165, 1.54) is 0 Å². The molecule has 0 aliphatic carbocycles. The first-order valence-corrected chi connectivity index (χ1v) is 10.0. The molecule has 0 spiro atoms. The summed E-state index contributed by atoms with van der Waals surface area (Å²) in [4.78, 5) is 9.02. The van der Waals surface area contributed by atoms with Crippen molar-refractivity contribution in [2.45, 2.75) is 40.2 Å². The van der Waals surface area contributed by atoms with Gasteiger partial charge in [0.15, 0.2) is 17.5 Å². The van der Waals surface area contributed by atoms with Gasteiger partial charge in [-0.2, -0.15) is 0 Å². The van der Waals surface area contributed by atoms with Crippen molar-refractivity contribution < 1.29 is 9.47 Å². The molecule has 0 radical (unpaired) electrons. The molecule has 1 heterocycles. The smallest absolute Gasteiger partial charge is 0.191 e. The molecule has 1 aromatic heterocycles. The molecule has 1 atom stereocenters. The largest absolute Gasteiger partial charge is 0.490 e. The van der Waals surface area contributed by atoms with Crippen molar-refractivity contribution in [3.8, 4) is 11.5 Å². The second-order valence-corrected chi connectivity index (χ2v) is 6.27. The standard InChI is InChI=1S/C22H32N4O2.HI/c1-5-23-22(25-15-13-19-10-8-9-14-24-19)26-17(4)18-11-12-20(27-6-2)21(16-18)28-7-3;/h8-12,14,16-17H,5-7,13,15H2,1-4H3,(H2,23,25,26);1H. The number of rotatable bonds is 10. The number of hydrogen-bond acceptors (Lipinski definition) is 4. The number of pyridine rings is 1. The number of halogens is 1. The van der Waals surface area contributed by atoms with Gasteiger partial charge in [-0.25, -0.2) is 0 Å². The lowest BCUT2D eigenvalue weighted by atomic mass is 10.1. The normalized spacial score (nSPS) is 11.9. The number of nitrogens with one attached hydrogen (secondary N) is 2. The number of aromatic nitrogens is 1. The third-order valence-corrected chi connectivity index (χ3v) is 4.13. The predicted molar refractivity (Wildman–Crippen MR) is 130 cm³/mol. The minimum absolute atomic E-state index is 0. The van der Waals surface area contributed by atoms with E-state index in [0.29, 0.717) is 19.8 Å². The van der Waals surface area contributed by atoms with Crippen LogP contribution in [0.2, 0.25) is 0 Å². The van der Waals surface area contributed by atoms with Crippen LogP contribution in [0.3, 0.4) is 0 Å². The molecule has 0 saturated heterocycles. The molecule has 0 amide bonds. The summed E-state index contributed by atoms with van der Waals surface area (Å²) < 4.78 is 11.4. The Bertz CT molecular complexity index is 741. The number of benzene rings is 1. The molecule has 1 aromatic carbocycles. The molecule has 160 valence electrons. The molecule has 2 N–H and O–H groups in total. The second kappa shape index (κ2) is 14.0. The first kappa shape index (κ1) is 25.0. The lowest BCUT2D eigenvalue weighted by molar-refractivity contribution is 0.287. The van der Waals surface area contributed by atoms with E-state index in [0.717, 1.165) is 41.7 Å². The van der Waals surface area contributed by atoms with Crippen LogP contribution in [0.1, 0.15) is 45.0 Å². The molecular weight excluding hydrogens is 479 g/mol. The van der Waals surface area contributed by atoms with E-state index in [1.54, 1.807) is 0 Å². The molecule has 2 rings (SSSR count). The lowest BCUT2D eigenvalue weighted by Gasteiger charge is -2.20. The summed E-state index contributed by atoms with van der Waals surface area (Å²) in [5, 5.41) is 6.77.